The fourth-order valence-electron chi connectivity index (χ4n) is 1.55. The molecular formula is C12H13N5O3. The van der Waals surface area contributed by atoms with Gasteiger partial charge in [0.15, 0.2) is 11.5 Å². The van der Waals surface area contributed by atoms with Crippen molar-refractivity contribution in [2.75, 3.05) is 12.8 Å². The summed E-state index contributed by atoms with van der Waals surface area (Å²) in [6.45, 7) is 0.284. The van der Waals surface area contributed by atoms with Gasteiger partial charge in [-0.25, -0.2) is 4.79 Å². The third kappa shape index (κ3) is 2.91. The summed E-state index contributed by atoms with van der Waals surface area (Å²) in [5, 5.41) is 12.1. The number of nitrogens with two attached hydrogens (primary N) is 1. The molecule has 0 radical (unpaired) electrons. The van der Waals surface area contributed by atoms with Gasteiger partial charge in [-0.1, -0.05) is 12.1 Å². The number of aromatic amines is 1. The molecule has 0 fully saturated rings. The number of nitrogens with one attached hydrogen (secondary N) is 2. The molecule has 0 aliphatic heterocycles. The Labute approximate surface area is 114 Å². The number of nitrogens with zero attached hydrogens (tertiary/aromatic N) is 2. The van der Waals surface area contributed by atoms with E-state index in [1.807, 2.05) is 0 Å². The highest BCUT2D eigenvalue weighted by atomic mass is 16.5. The molecule has 0 bridgehead atoms. The number of H-pyrrole nitrogens is 1. The van der Waals surface area contributed by atoms with Gasteiger partial charge in [0, 0.05) is 6.54 Å². The molecule has 0 aliphatic carbocycles. The summed E-state index contributed by atoms with van der Waals surface area (Å²) in [5.74, 6) is -0.784. The number of amides is 1. The van der Waals surface area contributed by atoms with Crippen LogP contribution >= 0.6 is 0 Å². The number of aromatic nitrogens is 3. The number of ether oxygens (including phenoxy) is 1. The first-order valence-corrected chi connectivity index (χ1v) is 5.73. The lowest BCUT2D eigenvalue weighted by Crippen LogP contribution is -2.24. The topological polar surface area (TPSA) is 123 Å². The van der Waals surface area contributed by atoms with Gasteiger partial charge in [-0.05, 0) is 17.7 Å². The normalized spacial score (nSPS) is 10.1. The van der Waals surface area contributed by atoms with E-state index in [9.17, 15) is 9.59 Å². The lowest BCUT2D eigenvalue weighted by molar-refractivity contribution is 0.0600. The van der Waals surface area contributed by atoms with E-state index in [1.165, 1.54) is 7.11 Å². The molecule has 0 saturated heterocycles. The van der Waals surface area contributed by atoms with Gasteiger partial charge in [-0.15, -0.1) is 10.2 Å². The summed E-state index contributed by atoms with van der Waals surface area (Å²) in [7, 11) is 1.32. The molecule has 1 aromatic carbocycles. The Morgan fingerprint density at radius 1 is 1.30 bits per heavy atom. The van der Waals surface area contributed by atoms with Crippen molar-refractivity contribution in [3.8, 4) is 0 Å². The van der Waals surface area contributed by atoms with Crippen LogP contribution in [0.25, 0.3) is 0 Å². The number of rotatable bonds is 4. The van der Waals surface area contributed by atoms with Crippen molar-refractivity contribution in [1.82, 2.24) is 20.7 Å². The van der Waals surface area contributed by atoms with Crippen LogP contribution in [-0.2, 0) is 11.3 Å². The first-order valence-electron chi connectivity index (χ1n) is 5.73. The van der Waals surface area contributed by atoms with Gasteiger partial charge in [0.05, 0.1) is 12.7 Å². The van der Waals surface area contributed by atoms with Crippen molar-refractivity contribution in [3.63, 3.8) is 0 Å². The fourth-order valence-corrected chi connectivity index (χ4v) is 1.55. The van der Waals surface area contributed by atoms with Crippen molar-refractivity contribution in [2.24, 2.45) is 0 Å². The third-order valence-electron chi connectivity index (χ3n) is 2.62. The standard InChI is InChI=1S/C12H13N5O3/c1-20-12(19)8-4-2-7(3-5-8)6-14-11(18)9-10(13)16-17-15-9/h2-5H,6H2,1H3,(H,14,18)(H3,13,15,16,17). The number of methoxy groups -OCH3 is 1. The third-order valence-corrected chi connectivity index (χ3v) is 2.62. The Morgan fingerprint density at radius 3 is 2.55 bits per heavy atom. The quantitative estimate of drug-likeness (QED) is 0.680. The first kappa shape index (κ1) is 13.5. The van der Waals surface area contributed by atoms with Crippen LogP contribution in [-0.4, -0.2) is 34.4 Å². The van der Waals surface area contributed by atoms with Gasteiger partial charge in [-0.3, -0.25) is 4.79 Å². The van der Waals surface area contributed by atoms with Gasteiger partial charge in [0.1, 0.15) is 0 Å². The van der Waals surface area contributed by atoms with Crippen LogP contribution < -0.4 is 11.1 Å². The maximum absolute atomic E-state index is 11.7. The van der Waals surface area contributed by atoms with Crippen LogP contribution in [0.1, 0.15) is 26.4 Å². The average Bonchev–Trinajstić information content (AvgIpc) is 2.90. The molecule has 2 rings (SSSR count). The maximum Gasteiger partial charge on any atom is 0.337 e. The second-order valence-corrected chi connectivity index (χ2v) is 3.93. The molecule has 1 heterocycles. The van der Waals surface area contributed by atoms with E-state index in [0.717, 1.165) is 5.56 Å². The number of benzene rings is 1. The Balaban J connectivity index is 1.96. The molecule has 0 saturated carbocycles. The highest BCUT2D eigenvalue weighted by Gasteiger charge is 2.13. The van der Waals surface area contributed by atoms with Crippen molar-refractivity contribution < 1.29 is 14.3 Å². The Bertz CT molecular complexity index is 620. The molecule has 1 aromatic heterocycles. The van der Waals surface area contributed by atoms with Crippen molar-refractivity contribution in [3.05, 3.63) is 41.1 Å². The molecule has 0 unspecified atom stereocenters. The zero-order valence-electron chi connectivity index (χ0n) is 10.7. The number of nitrogen functional groups attached to an aromatic ring is 1. The van der Waals surface area contributed by atoms with Crippen LogP contribution in [0.15, 0.2) is 24.3 Å². The smallest absolute Gasteiger partial charge is 0.337 e. The van der Waals surface area contributed by atoms with Gasteiger partial charge in [0.2, 0.25) is 0 Å². The zero-order valence-corrected chi connectivity index (χ0v) is 10.7. The van der Waals surface area contributed by atoms with E-state index < -0.39 is 11.9 Å². The fraction of sp³-hybridized carbons (Fsp3) is 0.167. The Hall–Kier alpha value is -2.90. The van der Waals surface area contributed by atoms with Gasteiger partial charge in [-0.2, -0.15) is 5.21 Å². The summed E-state index contributed by atoms with van der Waals surface area (Å²) >= 11 is 0. The first-order chi connectivity index (χ1) is 9.61. The molecule has 1 amide bonds. The van der Waals surface area contributed by atoms with E-state index in [-0.39, 0.29) is 18.1 Å². The summed E-state index contributed by atoms with van der Waals surface area (Å²) < 4.78 is 4.60. The minimum Gasteiger partial charge on any atom is -0.465 e. The lowest BCUT2D eigenvalue weighted by atomic mass is 10.1. The van der Waals surface area contributed by atoms with Crippen LogP contribution in [0, 0.1) is 0 Å². The Kier molecular flexibility index (Phi) is 3.94. The van der Waals surface area contributed by atoms with Crippen LogP contribution in [0.4, 0.5) is 5.82 Å². The molecule has 0 spiro atoms. The number of hydrogen-bond acceptors (Lipinski definition) is 6. The van der Waals surface area contributed by atoms with Gasteiger partial charge < -0.3 is 15.8 Å². The summed E-state index contributed by atoms with van der Waals surface area (Å²) in [5.41, 5.74) is 6.79. The number of carbonyl (C=O) groups excluding carboxylic acids is 2. The maximum atomic E-state index is 11.7. The molecule has 20 heavy (non-hydrogen) atoms. The molecule has 8 heteroatoms. The van der Waals surface area contributed by atoms with E-state index in [4.69, 9.17) is 5.73 Å². The molecule has 104 valence electrons. The summed E-state index contributed by atoms with van der Waals surface area (Å²) in [6, 6.07) is 6.69. The van der Waals surface area contributed by atoms with Gasteiger partial charge >= 0.3 is 5.97 Å². The number of esters is 1. The average molecular weight is 275 g/mol. The van der Waals surface area contributed by atoms with Crippen LogP contribution in [0.2, 0.25) is 0 Å². The zero-order chi connectivity index (χ0) is 14.5. The number of anilines is 1. The van der Waals surface area contributed by atoms with Crippen molar-refractivity contribution in [1.29, 1.82) is 0 Å². The number of hydrogen-bond donors (Lipinski definition) is 3. The van der Waals surface area contributed by atoms with E-state index >= 15 is 0 Å². The molecule has 0 aliphatic rings. The van der Waals surface area contributed by atoms with Crippen molar-refractivity contribution in [2.45, 2.75) is 6.54 Å². The minimum absolute atomic E-state index is 0.0449. The van der Waals surface area contributed by atoms with E-state index in [1.54, 1.807) is 24.3 Å². The molecule has 2 aromatic rings. The Morgan fingerprint density at radius 2 is 2.00 bits per heavy atom. The molecular weight excluding hydrogens is 262 g/mol. The summed E-state index contributed by atoms with van der Waals surface area (Å²) in [4.78, 5) is 23.0. The number of carbonyl (C=O) groups is 2. The lowest BCUT2D eigenvalue weighted by Gasteiger charge is -2.05. The minimum atomic E-state index is -0.423. The predicted octanol–water partition coefficient (Wildman–Crippen LogP) is 0.104. The van der Waals surface area contributed by atoms with Gasteiger partial charge in [0.25, 0.3) is 5.91 Å². The second-order valence-electron chi connectivity index (χ2n) is 3.93. The van der Waals surface area contributed by atoms with Crippen LogP contribution in [0.5, 0.6) is 0 Å². The SMILES string of the molecule is COC(=O)c1ccc(CNC(=O)c2n[nH]nc2N)cc1. The second kappa shape index (κ2) is 5.83. The predicted molar refractivity (Wildman–Crippen MR) is 69.7 cm³/mol. The highest BCUT2D eigenvalue weighted by molar-refractivity contribution is 5.96. The molecule has 8 nitrogen and oxygen atoms in total. The monoisotopic (exact) mass is 275 g/mol. The largest absolute Gasteiger partial charge is 0.465 e. The molecule has 0 atom stereocenters. The van der Waals surface area contributed by atoms with Crippen LogP contribution in [0.3, 0.4) is 0 Å². The summed E-state index contributed by atoms with van der Waals surface area (Å²) in [6.07, 6.45) is 0. The van der Waals surface area contributed by atoms with E-state index in [0.29, 0.717) is 5.56 Å². The van der Waals surface area contributed by atoms with E-state index in [2.05, 4.69) is 25.5 Å². The van der Waals surface area contributed by atoms with Crippen molar-refractivity contribution >= 4 is 17.7 Å². The highest BCUT2D eigenvalue weighted by Crippen LogP contribution is 2.07. The molecule has 4 N–H and O–H groups in total.